The van der Waals surface area contributed by atoms with Crippen LogP contribution in [0.1, 0.15) is 12.5 Å². The van der Waals surface area contributed by atoms with Crippen LogP contribution >= 0.6 is 12.2 Å². The lowest BCUT2D eigenvalue weighted by atomic mass is 10.1. The highest BCUT2D eigenvalue weighted by molar-refractivity contribution is 7.87. The van der Waals surface area contributed by atoms with E-state index in [0.717, 1.165) is 24.3 Å². The summed E-state index contributed by atoms with van der Waals surface area (Å²) in [6.45, 7) is 1.84. The van der Waals surface area contributed by atoms with Crippen LogP contribution in [0.25, 0.3) is 6.08 Å². The maximum Gasteiger partial charge on any atom is 0.339 e. The monoisotopic (exact) mass is 477 g/mol. The van der Waals surface area contributed by atoms with Gasteiger partial charge in [-0.1, -0.05) is 6.07 Å². The van der Waals surface area contributed by atoms with E-state index in [-0.39, 0.29) is 39.4 Å². The van der Waals surface area contributed by atoms with E-state index < -0.39 is 26.9 Å². The molecule has 2 N–H and O–H groups in total. The summed E-state index contributed by atoms with van der Waals surface area (Å²) in [7, 11) is -4.32. The van der Waals surface area contributed by atoms with Gasteiger partial charge in [0.25, 0.3) is 17.5 Å². The molecule has 3 rings (SSSR count). The summed E-state index contributed by atoms with van der Waals surface area (Å²) in [6.07, 6.45) is 1.28. The molecule has 166 valence electrons. The summed E-state index contributed by atoms with van der Waals surface area (Å²) in [5.41, 5.74) is -0.109. The van der Waals surface area contributed by atoms with Gasteiger partial charge in [-0.15, -0.1) is 0 Å². The standard InChI is InChI=1S/C19H15N3O8S2/c1-2-29-16-10-11(9-14-17(23)20-19(31)21-18(14)24)3-8-15(16)30-32(27,28)13-6-4-12(5-7-13)22(25)26/h3-10H,2H2,1H3,(H2,20,21,23,24,31). The van der Waals surface area contributed by atoms with E-state index in [1.807, 2.05) is 0 Å². The number of nitro groups is 1. The zero-order valence-electron chi connectivity index (χ0n) is 16.4. The molecule has 0 unspecified atom stereocenters. The van der Waals surface area contributed by atoms with Crippen molar-refractivity contribution in [1.29, 1.82) is 0 Å². The van der Waals surface area contributed by atoms with Crippen LogP contribution in [0.4, 0.5) is 5.69 Å². The Labute approximate surface area is 187 Å². The summed E-state index contributed by atoms with van der Waals surface area (Å²) in [6, 6.07) is 8.30. The number of nitro benzene ring substituents is 1. The van der Waals surface area contributed by atoms with Crippen LogP contribution in [0.15, 0.2) is 52.9 Å². The Balaban J connectivity index is 1.91. The Kier molecular flexibility index (Phi) is 6.50. The molecule has 1 heterocycles. The van der Waals surface area contributed by atoms with E-state index in [0.29, 0.717) is 5.56 Å². The Bertz CT molecular complexity index is 1230. The van der Waals surface area contributed by atoms with E-state index in [1.165, 1.54) is 24.3 Å². The quantitative estimate of drug-likeness (QED) is 0.151. The minimum absolute atomic E-state index is 0.0412. The van der Waals surface area contributed by atoms with Crippen LogP contribution in [0.2, 0.25) is 0 Å². The van der Waals surface area contributed by atoms with Gasteiger partial charge in [0, 0.05) is 12.1 Å². The predicted octanol–water partition coefficient (Wildman–Crippen LogP) is 1.68. The second-order valence-electron chi connectivity index (χ2n) is 6.22. The maximum absolute atomic E-state index is 12.6. The van der Waals surface area contributed by atoms with Crippen molar-refractivity contribution in [2.24, 2.45) is 0 Å². The van der Waals surface area contributed by atoms with Crippen LogP contribution in [0.5, 0.6) is 11.5 Å². The first-order chi connectivity index (χ1) is 15.1. The van der Waals surface area contributed by atoms with E-state index in [2.05, 4.69) is 10.6 Å². The molecule has 0 bridgehead atoms. The van der Waals surface area contributed by atoms with Crippen molar-refractivity contribution in [3.05, 3.63) is 63.7 Å². The van der Waals surface area contributed by atoms with E-state index in [1.54, 1.807) is 6.92 Å². The molecule has 13 heteroatoms. The van der Waals surface area contributed by atoms with E-state index in [4.69, 9.17) is 21.1 Å². The Hall–Kier alpha value is -3.84. The first-order valence-corrected chi connectivity index (χ1v) is 10.8. The molecule has 0 saturated carbocycles. The molecule has 1 fully saturated rings. The molecule has 0 aromatic heterocycles. The van der Waals surface area contributed by atoms with Crippen molar-refractivity contribution >= 4 is 51.0 Å². The molecular formula is C19H15N3O8S2. The van der Waals surface area contributed by atoms with Gasteiger partial charge in [0.05, 0.1) is 11.5 Å². The molecule has 2 aromatic carbocycles. The Morgan fingerprint density at radius 3 is 2.25 bits per heavy atom. The van der Waals surface area contributed by atoms with Crippen molar-refractivity contribution in [1.82, 2.24) is 10.6 Å². The van der Waals surface area contributed by atoms with Crippen molar-refractivity contribution in [3.63, 3.8) is 0 Å². The van der Waals surface area contributed by atoms with Gasteiger partial charge in [-0.3, -0.25) is 30.3 Å². The fourth-order valence-electron chi connectivity index (χ4n) is 2.63. The molecule has 0 atom stereocenters. The van der Waals surface area contributed by atoms with Crippen LogP contribution in [0, 0.1) is 10.1 Å². The molecule has 2 amide bonds. The van der Waals surface area contributed by atoms with Gasteiger partial charge in [-0.05, 0) is 55.0 Å². The lowest BCUT2D eigenvalue weighted by Gasteiger charge is -2.16. The lowest BCUT2D eigenvalue weighted by Crippen LogP contribution is -2.51. The molecule has 2 aromatic rings. The van der Waals surface area contributed by atoms with Crippen molar-refractivity contribution < 1.29 is 31.9 Å². The Morgan fingerprint density at radius 2 is 1.69 bits per heavy atom. The number of carbonyl (C=O) groups is 2. The van der Waals surface area contributed by atoms with Crippen LogP contribution in [0.3, 0.4) is 0 Å². The zero-order chi connectivity index (χ0) is 23.5. The van der Waals surface area contributed by atoms with Crippen LogP contribution in [-0.4, -0.2) is 36.9 Å². The van der Waals surface area contributed by atoms with E-state index >= 15 is 0 Å². The average molecular weight is 477 g/mol. The number of benzene rings is 2. The summed E-state index contributed by atoms with van der Waals surface area (Å²) in [5, 5.41) is 15.3. The molecule has 1 saturated heterocycles. The second kappa shape index (κ2) is 9.11. The van der Waals surface area contributed by atoms with Gasteiger partial charge >= 0.3 is 10.1 Å². The number of nitrogens with zero attached hydrogens (tertiary/aromatic N) is 1. The molecule has 0 spiro atoms. The highest BCUT2D eigenvalue weighted by atomic mass is 32.2. The third-order valence-corrected chi connectivity index (χ3v) is 5.51. The average Bonchev–Trinajstić information content (AvgIpc) is 2.72. The maximum atomic E-state index is 12.6. The predicted molar refractivity (Wildman–Crippen MR) is 115 cm³/mol. The first-order valence-electron chi connectivity index (χ1n) is 8.95. The zero-order valence-corrected chi connectivity index (χ0v) is 18.0. The topological polar surface area (TPSA) is 154 Å². The molecule has 32 heavy (non-hydrogen) atoms. The minimum atomic E-state index is -4.32. The van der Waals surface area contributed by atoms with Gasteiger partial charge in [0.15, 0.2) is 16.6 Å². The summed E-state index contributed by atoms with van der Waals surface area (Å²) in [5.74, 6) is -1.47. The molecular weight excluding hydrogens is 462 g/mol. The van der Waals surface area contributed by atoms with Gasteiger partial charge in [-0.2, -0.15) is 8.42 Å². The number of carbonyl (C=O) groups excluding carboxylic acids is 2. The molecule has 0 aliphatic carbocycles. The number of nitrogens with one attached hydrogen (secondary N) is 2. The molecule has 1 aliphatic heterocycles. The summed E-state index contributed by atoms with van der Waals surface area (Å²) >= 11 is 4.74. The first kappa shape index (κ1) is 22.8. The normalized spacial score (nSPS) is 13.8. The Morgan fingerprint density at radius 1 is 1.06 bits per heavy atom. The second-order valence-corrected chi connectivity index (χ2v) is 8.18. The van der Waals surface area contributed by atoms with Crippen molar-refractivity contribution in [2.75, 3.05) is 6.61 Å². The van der Waals surface area contributed by atoms with Crippen LogP contribution < -0.4 is 19.6 Å². The van der Waals surface area contributed by atoms with Gasteiger partial charge in [0.1, 0.15) is 10.5 Å². The van der Waals surface area contributed by atoms with Gasteiger partial charge in [-0.25, -0.2) is 0 Å². The highest BCUT2D eigenvalue weighted by Crippen LogP contribution is 2.32. The third-order valence-electron chi connectivity index (χ3n) is 4.06. The van der Waals surface area contributed by atoms with Gasteiger partial charge in [0.2, 0.25) is 0 Å². The van der Waals surface area contributed by atoms with Crippen molar-refractivity contribution in [3.8, 4) is 11.5 Å². The third kappa shape index (κ3) is 5.07. The number of hydrogen-bond donors (Lipinski definition) is 2. The minimum Gasteiger partial charge on any atom is -0.490 e. The fraction of sp³-hybridized carbons (Fsp3) is 0.105. The fourth-order valence-corrected chi connectivity index (χ4v) is 3.75. The SMILES string of the molecule is CCOc1cc(C=C2C(=O)NC(=S)NC2=O)ccc1OS(=O)(=O)c1ccc([N+](=O)[O-])cc1. The summed E-state index contributed by atoms with van der Waals surface area (Å²) < 4.78 is 35.8. The molecule has 0 radical (unpaired) electrons. The van der Waals surface area contributed by atoms with Crippen molar-refractivity contribution in [2.45, 2.75) is 11.8 Å². The lowest BCUT2D eigenvalue weighted by molar-refractivity contribution is -0.384. The number of thiocarbonyl (C=S) groups is 1. The van der Waals surface area contributed by atoms with Gasteiger partial charge < -0.3 is 8.92 Å². The highest BCUT2D eigenvalue weighted by Gasteiger charge is 2.26. The van der Waals surface area contributed by atoms with E-state index in [9.17, 15) is 28.1 Å². The number of ether oxygens (including phenoxy) is 1. The summed E-state index contributed by atoms with van der Waals surface area (Å²) in [4.78, 5) is 33.8. The molecule has 11 nitrogen and oxygen atoms in total. The van der Waals surface area contributed by atoms with Crippen LogP contribution in [-0.2, 0) is 19.7 Å². The largest absolute Gasteiger partial charge is 0.490 e. The smallest absolute Gasteiger partial charge is 0.339 e. The number of non-ortho nitro benzene ring substituents is 1. The number of rotatable bonds is 7. The number of amides is 2. The number of hydrogen-bond acceptors (Lipinski definition) is 9. The molecule has 1 aliphatic rings.